The van der Waals surface area contributed by atoms with Crippen LogP contribution in [0.1, 0.15) is 65.9 Å². The highest BCUT2D eigenvalue weighted by atomic mass is 16.2. The highest BCUT2D eigenvalue weighted by Gasteiger charge is 2.53. The maximum absolute atomic E-state index is 13.4. The van der Waals surface area contributed by atoms with Crippen molar-refractivity contribution in [1.82, 2.24) is 25.1 Å². The average Bonchev–Trinajstić information content (AvgIpc) is 3.10. The first-order chi connectivity index (χ1) is 13.2. The van der Waals surface area contributed by atoms with E-state index >= 15 is 0 Å². The van der Waals surface area contributed by atoms with Gasteiger partial charge >= 0.3 is 0 Å². The summed E-state index contributed by atoms with van der Waals surface area (Å²) in [6.45, 7) is 1.57. The third-order valence-electron chi connectivity index (χ3n) is 6.90. The normalized spacial score (nSPS) is 23.9. The molecule has 1 aliphatic heterocycles. The second-order valence-corrected chi connectivity index (χ2v) is 8.55. The summed E-state index contributed by atoms with van der Waals surface area (Å²) >= 11 is 0. The lowest BCUT2D eigenvalue weighted by Gasteiger charge is -2.41. The number of nitrogens with zero attached hydrogens (tertiary/aromatic N) is 3. The van der Waals surface area contributed by atoms with Crippen LogP contribution in [0.5, 0.6) is 0 Å². The number of likely N-dealkylation sites (tertiary alicyclic amines) is 1. The number of hydrogen-bond acceptors (Lipinski definition) is 3. The lowest BCUT2D eigenvalue weighted by molar-refractivity contribution is 0.0726. The number of carbonyl (C=O) groups is 1. The largest absolute Gasteiger partial charge is 0.361 e. The van der Waals surface area contributed by atoms with Crippen LogP contribution < -0.4 is 0 Å². The number of rotatable bonds is 3. The molecule has 27 heavy (non-hydrogen) atoms. The van der Waals surface area contributed by atoms with Crippen LogP contribution in [-0.4, -0.2) is 44.1 Å². The van der Waals surface area contributed by atoms with Crippen molar-refractivity contribution in [3.8, 4) is 0 Å². The zero-order valence-electron chi connectivity index (χ0n) is 15.2. The number of hydrogen-bond donors (Lipinski definition) is 2. The lowest BCUT2D eigenvalue weighted by atomic mass is 9.62. The highest BCUT2D eigenvalue weighted by molar-refractivity contribution is 6.06. The molecule has 2 saturated carbocycles. The second kappa shape index (κ2) is 5.44. The van der Waals surface area contributed by atoms with Crippen molar-refractivity contribution in [2.24, 2.45) is 5.41 Å². The summed E-state index contributed by atoms with van der Waals surface area (Å²) in [5, 5.41) is 8.68. The monoisotopic (exact) mass is 361 g/mol. The van der Waals surface area contributed by atoms with E-state index in [4.69, 9.17) is 4.98 Å². The standard InChI is InChI=1S/C21H23N5O/c27-20(15-3-1-4-17-14(15)7-10-22-17)26-11-16(21(12-26)8-2-9-21)19-23-18(24-25-19)13-5-6-13/h1,3-4,7,10,13,16,22H,2,5-6,8-9,11-12H2,(H,23,24,25). The van der Waals surface area contributed by atoms with Gasteiger partial charge in [0, 0.05) is 47.6 Å². The van der Waals surface area contributed by atoms with Gasteiger partial charge in [0.15, 0.2) is 5.82 Å². The molecule has 0 bridgehead atoms. The number of amides is 1. The number of H-pyrrole nitrogens is 2. The lowest BCUT2D eigenvalue weighted by Crippen LogP contribution is -2.38. The molecule has 6 rings (SSSR count). The van der Waals surface area contributed by atoms with E-state index in [0.717, 1.165) is 41.2 Å². The topological polar surface area (TPSA) is 77.7 Å². The Bertz CT molecular complexity index is 1030. The molecule has 1 unspecified atom stereocenters. The number of aromatic nitrogens is 4. The Morgan fingerprint density at radius 1 is 1.22 bits per heavy atom. The number of aromatic amines is 2. The van der Waals surface area contributed by atoms with Gasteiger partial charge < -0.3 is 9.88 Å². The number of carbonyl (C=O) groups excluding carboxylic acids is 1. The maximum atomic E-state index is 13.4. The molecule has 1 aromatic carbocycles. The van der Waals surface area contributed by atoms with Crippen molar-refractivity contribution in [2.75, 3.05) is 13.1 Å². The van der Waals surface area contributed by atoms with Crippen molar-refractivity contribution in [1.29, 1.82) is 0 Å². The number of benzene rings is 1. The third-order valence-corrected chi connectivity index (χ3v) is 6.90. The van der Waals surface area contributed by atoms with Gasteiger partial charge in [0.25, 0.3) is 5.91 Å². The van der Waals surface area contributed by atoms with E-state index in [1.54, 1.807) is 0 Å². The maximum Gasteiger partial charge on any atom is 0.254 e. The van der Waals surface area contributed by atoms with Gasteiger partial charge in [-0.15, -0.1) is 0 Å². The minimum absolute atomic E-state index is 0.135. The van der Waals surface area contributed by atoms with E-state index in [-0.39, 0.29) is 17.2 Å². The first-order valence-electron chi connectivity index (χ1n) is 10.0. The molecule has 138 valence electrons. The van der Waals surface area contributed by atoms with Crippen LogP contribution in [-0.2, 0) is 0 Å². The van der Waals surface area contributed by atoms with E-state index in [9.17, 15) is 4.79 Å². The molecule has 1 atom stereocenters. The Morgan fingerprint density at radius 2 is 2.11 bits per heavy atom. The molecule has 6 nitrogen and oxygen atoms in total. The smallest absolute Gasteiger partial charge is 0.254 e. The van der Waals surface area contributed by atoms with Crippen molar-refractivity contribution in [3.63, 3.8) is 0 Å². The molecule has 1 saturated heterocycles. The van der Waals surface area contributed by atoms with Crippen LogP contribution in [0.3, 0.4) is 0 Å². The van der Waals surface area contributed by atoms with Crippen LogP contribution in [0, 0.1) is 5.41 Å². The summed E-state index contributed by atoms with van der Waals surface area (Å²) in [5.74, 6) is 2.93. The molecule has 6 heteroatoms. The summed E-state index contributed by atoms with van der Waals surface area (Å²) < 4.78 is 0. The summed E-state index contributed by atoms with van der Waals surface area (Å²) in [4.78, 5) is 23.4. The molecule has 3 aromatic rings. The van der Waals surface area contributed by atoms with Crippen molar-refractivity contribution >= 4 is 16.8 Å². The molecular weight excluding hydrogens is 338 g/mol. The summed E-state index contributed by atoms with van der Waals surface area (Å²) in [7, 11) is 0. The van der Waals surface area contributed by atoms with E-state index in [0.29, 0.717) is 5.92 Å². The van der Waals surface area contributed by atoms with E-state index in [2.05, 4.69) is 15.2 Å². The highest BCUT2D eigenvalue weighted by Crippen LogP contribution is 2.55. The molecule has 2 aromatic heterocycles. The Hall–Kier alpha value is -2.63. The van der Waals surface area contributed by atoms with Gasteiger partial charge in [0.05, 0.1) is 0 Å². The SMILES string of the molecule is O=C(c1cccc2[nH]ccc12)N1CC(c2nc(C3CC3)n[nH]2)C2(CCC2)C1. The van der Waals surface area contributed by atoms with E-state index < -0.39 is 0 Å². The zero-order valence-corrected chi connectivity index (χ0v) is 15.2. The van der Waals surface area contributed by atoms with Crippen LogP contribution >= 0.6 is 0 Å². The Labute approximate surface area is 157 Å². The zero-order chi connectivity index (χ0) is 18.0. The minimum Gasteiger partial charge on any atom is -0.361 e. The molecule has 3 heterocycles. The van der Waals surface area contributed by atoms with Gasteiger partial charge in [-0.2, -0.15) is 5.10 Å². The van der Waals surface area contributed by atoms with Gasteiger partial charge in [-0.25, -0.2) is 4.98 Å². The molecule has 1 spiro atoms. The first-order valence-corrected chi connectivity index (χ1v) is 10.0. The van der Waals surface area contributed by atoms with Crippen molar-refractivity contribution < 1.29 is 4.79 Å². The average molecular weight is 361 g/mol. The molecule has 1 amide bonds. The summed E-state index contributed by atoms with van der Waals surface area (Å²) in [6, 6.07) is 7.91. The fourth-order valence-corrected chi connectivity index (χ4v) is 5.05. The fourth-order valence-electron chi connectivity index (χ4n) is 5.05. The van der Waals surface area contributed by atoms with Gasteiger partial charge in [0.2, 0.25) is 0 Å². The van der Waals surface area contributed by atoms with Crippen LogP contribution in [0.25, 0.3) is 10.9 Å². The van der Waals surface area contributed by atoms with Crippen molar-refractivity contribution in [3.05, 3.63) is 47.7 Å². The molecule has 2 N–H and O–H groups in total. The minimum atomic E-state index is 0.135. The van der Waals surface area contributed by atoms with Gasteiger partial charge in [-0.05, 0) is 49.3 Å². The molecule has 0 radical (unpaired) electrons. The second-order valence-electron chi connectivity index (χ2n) is 8.55. The van der Waals surface area contributed by atoms with Crippen LogP contribution in [0.15, 0.2) is 30.5 Å². The van der Waals surface area contributed by atoms with Gasteiger partial charge in [-0.1, -0.05) is 12.5 Å². The van der Waals surface area contributed by atoms with E-state index in [1.165, 1.54) is 32.1 Å². The predicted octanol–water partition coefficient (Wildman–Crippen LogP) is 3.57. The molecule has 2 aliphatic carbocycles. The predicted molar refractivity (Wildman–Crippen MR) is 102 cm³/mol. The van der Waals surface area contributed by atoms with Gasteiger partial charge in [-0.3, -0.25) is 9.89 Å². The van der Waals surface area contributed by atoms with E-state index in [1.807, 2.05) is 35.4 Å². The van der Waals surface area contributed by atoms with Gasteiger partial charge in [0.1, 0.15) is 5.82 Å². The molecular formula is C21H23N5O. The molecule has 3 aliphatic rings. The van der Waals surface area contributed by atoms with Crippen LogP contribution in [0.4, 0.5) is 0 Å². The Kier molecular flexibility index (Phi) is 3.11. The summed E-state index contributed by atoms with van der Waals surface area (Å²) in [5.41, 5.74) is 1.99. The van der Waals surface area contributed by atoms with Crippen molar-refractivity contribution in [2.45, 2.75) is 43.9 Å². The number of nitrogens with one attached hydrogen (secondary N) is 2. The Balaban J connectivity index is 1.32. The third kappa shape index (κ3) is 2.28. The first kappa shape index (κ1) is 15.4. The Morgan fingerprint density at radius 3 is 2.89 bits per heavy atom. The molecule has 3 fully saturated rings. The summed E-state index contributed by atoms with van der Waals surface area (Å²) in [6.07, 6.45) is 7.91. The van der Waals surface area contributed by atoms with Crippen LogP contribution in [0.2, 0.25) is 0 Å². The fraction of sp³-hybridized carbons (Fsp3) is 0.476. The quantitative estimate of drug-likeness (QED) is 0.748. The number of fused-ring (bicyclic) bond motifs is 1.